The van der Waals surface area contributed by atoms with E-state index < -0.39 is 0 Å². The van der Waals surface area contributed by atoms with Crippen LogP contribution in [0.25, 0.3) is 22.3 Å². The molecule has 3 aliphatic rings. The van der Waals surface area contributed by atoms with Crippen LogP contribution in [-0.2, 0) is 11.3 Å². The number of amides is 3. The van der Waals surface area contributed by atoms with E-state index >= 15 is 0 Å². The Bertz CT molecular complexity index is 1360. The molecule has 2 saturated heterocycles. The van der Waals surface area contributed by atoms with Crippen molar-refractivity contribution in [3.63, 3.8) is 0 Å². The van der Waals surface area contributed by atoms with Crippen LogP contribution in [0, 0.1) is 0 Å². The number of aromatic nitrogens is 3. The van der Waals surface area contributed by atoms with Gasteiger partial charge in [0.25, 0.3) is 0 Å². The van der Waals surface area contributed by atoms with E-state index in [1.54, 1.807) is 11.8 Å². The fourth-order valence-corrected chi connectivity index (χ4v) is 5.78. The molecule has 0 unspecified atom stereocenters. The van der Waals surface area contributed by atoms with Crippen molar-refractivity contribution in [2.75, 3.05) is 63.2 Å². The summed E-state index contributed by atoms with van der Waals surface area (Å²) in [5.41, 5.74) is 5.08. The maximum atomic E-state index is 13.5. The Balaban J connectivity index is 1.35. The van der Waals surface area contributed by atoms with E-state index in [9.17, 15) is 9.59 Å². The van der Waals surface area contributed by atoms with Crippen LogP contribution in [0.2, 0.25) is 0 Å². The van der Waals surface area contributed by atoms with Crippen molar-refractivity contribution < 1.29 is 9.59 Å². The number of carbonyl (C=O) groups is 2. The van der Waals surface area contributed by atoms with Gasteiger partial charge in [-0.15, -0.1) is 0 Å². The maximum absolute atomic E-state index is 13.5. The Hall–Kier alpha value is -3.79. The third kappa shape index (κ3) is 4.42. The van der Waals surface area contributed by atoms with Gasteiger partial charge < -0.3 is 19.6 Å². The number of rotatable bonds is 3. The van der Waals surface area contributed by atoms with E-state index in [0.717, 1.165) is 78.4 Å². The van der Waals surface area contributed by atoms with E-state index in [0.29, 0.717) is 19.6 Å². The van der Waals surface area contributed by atoms with Crippen molar-refractivity contribution in [2.45, 2.75) is 32.4 Å². The molecular formula is C28H34N8O2. The molecule has 0 atom stereocenters. The minimum atomic E-state index is -0.0309. The third-order valence-corrected chi connectivity index (χ3v) is 8.09. The second kappa shape index (κ2) is 9.83. The van der Waals surface area contributed by atoms with E-state index in [4.69, 9.17) is 9.97 Å². The number of piperazine rings is 1. The summed E-state index contributed by atoms with van der Waals surface area (Å²) in [6.07, 6.45) is 5.23. The SMILES string of the molecule is CC(=O)N1CCC(N2C(=O)N(C)Cc3cnc4ccc(-c5ccc(N6CCN(C)CC6)nc5)nc4c32)CC1. The van der Waals surface area contributed by atoms with Gasteiger partial charge in [-0.1, -0.05) is 0 Å². The molecule has 6 heterocycles. The number of anilines is 2. The molecule has 198 valence electrons. The average molecular weight is 515 g/mol. The maximum Gasteiger partial charge on any atom is 0.324 e. The molecule has 0 bridgehead atoms. The summed E-state index contributed by atoms with van der Waals surface area (Å²) >= 11 is 0. The molecule has 10 nitrogen and oxygen atoms in total. The number of urea groups is 1. The van der Waals surface area contributed by atoms with Crippen LogP contribution in [0.15, 0.2) is 36.7 Å². The van der Waals surface area contributed by atoms with Gasteiger partial charge >= 0.3 is 6.03 Å². The molecular weight excluding hydrogens is 480 g/mol. The normalized spacial score (nSPS) is 19.3. The van der Waals surface area contributed by atoms with Crippen LogP contribution in [-0.4, -0.2) is 101 Å². The monoisotopic (exact) mass is 514 g/mol. The summed E-state index contributed by atoms with van der Waals surface area (Å²) in [5.74, 6) is 1.07. The topological polar surface area (TPSA) is 89.0 Å². The molecule has 0 saturated carbocycles. The number of pyridine rings is 3. The summed E-state index contributed by atoms with van der Waals surface area (Å²) in [6.45, 7) is 7.40. The molecule has 0 aliphatic carbocycles. The average Bonchev–Trinajstić information content (AvgIpc) is 2.94. The largest absolute Gasteiger partial charge is 0.354 e. The number of likely N-dealkylation sites (tertiary alicyclic amines) is 1. The van der Waals surface area contributed by atoms with Crippen molar-refractivity contribution >= 4 is 34.5 Å². The Morgan fingerprint density at radius 2 is 1.68 bits per heavy atom. The number of likely N-dealkylation sites (N-methyl/N-ethyl adjacent to an activating group) is 1. The minimum absolute atomic E-state index is 0.000180. The number of carbonyl (C=O) groups excluding carboxylic acids is 2. The first-order valence-electron chi connectivity index (χ1n) is 13.4. The van der Waals surface area contributed by atoms with Gasteiger partial charge in [-0.2, -0.15) is 0 Å². The van der Waals surface area contributed by atoms with Gasteiger partial charge in [-0.25, -0.2) is 14.8 Å². The van der Waals surface area contributed by atoms with E-state index in [-0.39, 0.29) is 18.0 Å². The lowest BCUT2D eigenvalue weighted by atomic mass is 9.99. The predicted octanol–water partition coefficient (Wildman–Crippen LogP) is 2.83. The van der Waals surface area contributed by atoms with Crippen molar-refractivity contribution in [1.29, 1.82) is 0 Å². The van der Waals surface area contributed by atoms with Crippen molar-refractivity contribution in [2.24, 2.45) is 0 Å². The van der Waals surface area contributed by atoms with Gasteiger partial charge in [-0.3, -0.25) is 14.7 Å². The Kier molecular flexibility index (Phi) is 6.35. The third-order valence-electron chi connectivity index (χ3n) is 8.09. The first-order chi connectivity index (χ1) is 18.4. The number of hydrogen-bond acceptors (Lipinski definition) is 7. The Morgan fingerprint density at radius 1 is 0.921 bits per heavy atom. The van der Waals surface area contributed by atoms with E-state index in [2.05, 4.69) is 34.0 Å². The summed E-state index contributed by atoms with van der Waals surface area (Å²) in [7, 11) is 3.97. The highest BCUT2D eigenvalue weighted by molar-refractivity contribution is 6.04. The second-order valence-electron chi connectivity index (χ2n) is 10.6. The Morgan fingerprint density at radius 3 is 2.37 bits per heavy atom. The lowest BCUT2D eigenvalue weighted by Gasteiger charge is -2.43. The van der Waals surface area contributed by atoms with Gasteiger partial charge in [0.2, 0.25) is 5.91 Å². The summed E-state index contributed by atoms with van der Waals surface area (Å²) in [4.78, 5) is 50.0. The first kappa shape index (κ1) is 24.5. The van der Waals surface area contributed by atoms with Gasteiger partial charge in [-0.05, 0) is 44.2 Å². The van der Waals surface area contributed by atoms with Gasteiger partial charge in [0.1, 0.15) is 11.3 Å². The molecule has 0 aromatic carbocycles. The van der Waals surface area contributed by atoms with E-state index in [1.807, 2.05) is 41.4 Å². The number of fused-ring (bicyclic) bond motifs is 3. The van der Waals surface area contributed by atoms with Crippen LogP contribution in [0.5, 0.6) is 0 Å². The highest BCUT2D eigenvalue weighted by Crippen LogP contribution is 2.37. The fourth-order valence-electron chi connectivity index (χ4n) is 5.78. The minimum Gasteiger partial charge on any atom is -0.354 e. The van der Waals surface area contributed by atoms with Crippen molar-refractivity contribution in [3.8, 4) is 11.3 Å². The van der Waals surface area contributed by atoms with Crippen LogP contribution >= 0.6 is 0 Å². The molecule has 3 aliphatic heterocycles. The molecule has 3 aromatic rings. The number of piperidine rings is 1. The molecule has 0 spiro atoms. The summed E-state index contributed by atoms with van der Waals surface area (Å²) in [5, 5.41) is 0. The van der Waals surface area contributed by atoms with Crippen molar-refractivity contribution in [3.05, 3.63) is 42.2 Å². The zero-order chi connectivity index (χ0) is 26.4. The predicted molar refractivity (Wildman–Crippen MR) is 147 cm³/mol. The second-order valence-corrected chi connectivity index (χ2v) is 10.6. The van der Waals surface area contributed by atoms with Gasteiger partial charge in [0.15, 0.2) is 0 Å². The number of hydrogen-bond donors (Lipinski definition) is 0. The first-order valence-corrected chi connectivity index (χ1v) is 13.4. The van der Waals surface area contributed by atoms with Gasteiger partial charge in [0.05, 0.1) is 23.4 Å². The van der Waals surface area contributed by atoms with E-state index in [1.165, 1.54) is 0 Å². The van der Waals surface area contributed by atoms with Crippen LogP contribution in [0.1, 0.15) is 25.3 Å². The number of nitrogens with zero attached hydrogens (tertiary/aromatic N) is 8. The molecule has 0 N–H and O–H groups in total. The summed E-state index contributed by atoms with van der Waals surface area (Å²) in [6, 6.07) is 8.06. The smallest absolute Gasteiger partial charge is 0.324 e. The molecule has 10 heteroatoms. The van der Waals surface area contributed by atoms with Crippen LogP contribution in [0.3, 0.4) is 0 Å². The standard InChI is InChI=1S/C28H34N8O2/c1-19(37)34-10-8-22(9-11-34)36-27-21(18-33(3)28(36)38)17-29-24-6-5-23(31-26(24)27)20-4-7-25(30-16-20)35-14-12-32(2)13-15-35/h4-7,16-17,22H,8-15,18H2,1-3H3. The zero-order valence-electron chi connectivity index (χ0n) is 22.3. The summed E-state index contributed by atoms with van der Waals surface area (Å²) < 4.78 is 0. The van der Waals surface area contributed by atoms with Crippen LogP contribution < -0.4 is 9.80 Å². The molecule has 6 rings (SSSR count). The molecule has 3 amide bonds. The fraction of sp³-hybridized carbons (Fsp3) is 0.464. The lowest BCUT2D eigenvalue weighted by Crippen LogP contribution is -2.54. The van der Waals surface area contributed by atoms with Crippen molar-refractivity contribution in [1.82, 2.24) is 29.7 Å². The molecule has 38 heavy (non-hydrogen) atoms. The lowest BCUT2D eigenvalue weighted by molar-refractivity contribution is -0.129. The Labute approximate surface area is 222 Å². The van der Waals surface area contributed by atoms with Crippen LogP contribution in [0.4, 0.5) is 16.3 Å². The molecule has 0 radical (unpaired) electrons. The molecule has 3 aromatic heterocycles. The quantitative estimate of drug-likeness (QED) is 0.531. The van der Waals surface area contributed by atoms with Gasteiger partial charge in [0, 0.05) is 82.8 Å². The molecule has 2 fully saturated rings. The highest BCUT2D eigenvalue weighted by atomic mass is 16.2. The highest BCUT2D eigenvalue weighted by Gasteiger charge is 2.37. The zero-order valence-corrected chi connectivity index (χ0v) is 22.3.